The maximum absolute atomic E-state index is 13.4. The maximum atomic E-state index is 13.4. The minimum atomic E-state index is -4.83. The van der Waals surface area contributed by atoms with Gasteiger partial charge in [0.2, 0.25) is 0 Å². The molecule has 0 saturated carbocycles. The van der Waals surface area contributed by atoms with Crippen molar-refractivity contribution >= 4 is 56.8 Å². The molecule has 3 amide bonds. The zero-order valence-corrected chi connectivity index (χ0v) is 19.1. The zero-order valence-electron chi connectivity index (χ0n) is 16.0. The number of amides is 3. The largest absolute Gasteiger partial charge is 0.417 e. The van der Waals surface area contributed by atoms with E-state index in [2.05, 4.69) is 15.9 Å². The molecule has 0 bridgehead atoms. The van der Waals surface area contributed by atoms with Crippen LogP contribution in [0.15, 0.2) is 34.8 Å². The summed E-state index contributed by atoms with van der Waals surface area (Å²) in [6.45, 7) is 2.90. The first-order chi connectivity index (χ1) is 14.3. The van der Waals surface area contributed by atoms with Crippen LogP contribution in [0.3, 0.4) is 0 Å². The van der Waals surface area contributed by atoms with Crippen molar-refractivity contribution in [2.24, 2.45) is 0 Å². The fourth-order valence-corrected chi connectivity index (χ4v) is 4.12. The van der Waals surface area contributed by atoms with Crippen LogP contribution in [0, 0.1) is 11.3 Å². The smallest absolute Gasteiger partial charge is 0.305 e. The van der Waals surface area contributed by atoms with Crippen molar-refractivity contribution in [2.75, 3.05) is 4.90 Å². The van der Waals surface area contributed by atoms with E-state index < -0.39 is 34.8 Å². The summed E-state index contributed by atoms with van der Waals surface area (Å²) in [6, 6.07) is 6.42. The number of alkyl halides is 3. The highest BCUT2D eigenvalue weighted by atomic mass is 79.9. The summed E-state index contributed by atoms with van der Waals surface area (Å²) in [5.41, 5.74) is -2.96. The van der Waals surface area contributed by atoms with Gasteiger partial charge < -0.3 is 4.90 Å². The summed E-state index contributed by atoms with van der Waals surface area (Å²) >= 11 is 15.5. The highest BCUT2D eigenvalue weighted by molar-refractivity contribution is 9.10. The van der Waals surface area contributed by atoms with Gasteiger partial charge in [-0.05, 0) is 65.7 Å². The molecule has 1 aliphatic heterocycles. The van der Waals surface area contributed by atoms with E-state index in [4.69, 9.17) is 28.5 Å². The molecule has 31 heavy (non-hydrogen) atoms. The summed E-state index contributed by atoms with van der Waals surface area (Å²) in [5, 5.41) is 9.59. The average molecular weight is 535 g/mol. The number of benzene rings is 2. The highest BCUT2D eigenvalue weighted by Gasteiger charge is 2.52. The van der Waals surface area contributed by atoms with E-state index in [0.29, 0.717) is 31.0 Å². The first-order valence-corrected chi connectivity index (χ1v) is 10.2. The number of imide groups is 1. The summed E-state index contributed by atoms with van der Waals surface area (Å²) in [5.74, 6) is -0.709. The lowest BCUT2D eigenvalue weighted by molar-refractivity contribution is -0.137. The molecule has 0 radical (unpaired) electrons. The SMILES string of the molecule is CC1(C)C(=O)N(c2ccc(C#N)c(C(F)(F)F)c2)C(=O)N1Cc1cc(Cl)cc(Cl)c1Br. The van der Waals surface area contributed by atoms with Crippen molar-refractivity contribution in [3.8, 4) is 6.07 Å². The van der Waals surface area contributed by atoms with Crippen LogP contribution in [-0.2, 0) is 17.5 Å². The Labute approximate surface area is 194 Å². The number of hydrogen-bond donors (Lipinski definition) is 0. The molecule has 3 rings (SSSR count). The molecule has 0 aromatic heterocycles. The third-order valence-electron chi connectivity index (χ3n) is 4.91. The Bertz CT molecular complexity index is 1150. The minimum absolute atomic E-state index is 0.0721. The number of halogens is 6. The Balaban J connectivity index is 2.06. The Morgan fingerprint density at radius 2 is 1.81 bits per heavy atom. The normalized spacial score (nSPS) is 16.1. The number of anilines is 1. The molecule has 0 N–H and O–H groups in total. The number of nitriles is 1. The van der Waals surface area contributed by atoms with E-state index in [9.17, 15) is 22.8 Å². The van der Waals surface area contributed by atoms with E-state index in [1.165, 1.54) is 30.9 Å². The summed E-state index contributed by atoms with van der Waals surface area (Å²) in [4.78, 5) is 28.1. The fraction of sp³-hybridized carbons (Fsp3) is 0.250. The number of carbonyl (C=O) groups is 2. The number of urea groups is 1. The summed E-state index contributed by atoms with van der Waals surface area (Å²) in [6.07, 6.45) is -4.83. The molecule has 1 heterocycles. The van der Waals surface area contributed by atoms with Gasteiger partial charge in [0.15, 0.2) is 0 Å². The molecule has 2 aromatic carbocycles. The molecule has 0 unspecified atom stereocenters. The van der Waals surface area contributed by atoms with E-state index in [1.807, 2.05) is 0 Å². The van der Waals surface area contributed by atoms with Gasteiger partial charge in [0.25, 0.3) is 5.91 Å². The predicted molar refractivity (Wildman–Crippen MR) is 113 cm³/mol. The second kappa shape index (κ2) is 8.01. The number of rotatable bonds is 3. The van der Waals surface area contributed by atoms with E-state index in [-0.39, 0.29) is 12.2 Å². The van der Waals surface area contributed by atoms with Crippen LogP contribution in [0.2, 0.25) is 10.0 Å². The lowest BCUT2D eigenvalue weighted by atomic mass is 10.0. The van der Waals surface area contributed by atoms with Crippen molar-refractivity contribution in [1.29, 1.82) is 5.26 Å². The van der Waals surface area contributed by atoms with Crippen LogP contribution in [0.5, 0.6) is 0 Å². The molecule has 0 spiro atoms. The number of nitrogens with zero attached hydrogens (tertiary/aromatic N) is 3. The molecule has 0 aliphatic carbocycles. The van der Waals surface area contributed by atoms with Crippen LogP contribution >= 0.6 is 39.1 Å². The van der Waals surface area contributed by atoms with Gasteiger partial charge in [-0.2, -0.15) is 18.4 Å². The van der Waals surface area contributed by atoms with Crippen molar-refractivity contribution in [3.63, 3.8) is 0 Å². The van der Waals surface area contributed by atoms with Crippen molar-refractivity contribution < 1.29 is 22.8 Å². The first-order valence-electron chi connectivity index (χ1n) is 8.70. The van der Waals surface area contributed by atoms with Gasteiger partial charge in [0.1, 0.15) is 5.54 Å². The van der Waals surface area contributed by atoms with Gasteiger partial charge in [-0.1, -0.05) is 23.2 Å². The molecular formula is C20H13BrCl2F3N3O2. The lowest BCUT2D eigenvalue weighted by Crippen LogP contribution is -2.43. The lowest BCUT2D eigenvalue weighted by Gasteiger charge is -2.28. The molecule has 1 saturated heterocycles. The fourth-order valence-electron chi connectivity index (χ4n) is 3.23. The van der Waals surface area contributed by atoms with Crippen LogP contribution in [0.1, 0.15) is 30.5 Å². The molecule has 1 fully saturated rings. The molecule has 5 nitrogen and oxygen atoms in total. The van der Waals surface area contributed by atoms with Gasteiger partial charge in [0, 0.05) is 16.0 Å². The Kier molecular flexibility index (Phi) is 6.04. The third-order valence-corrected chi connectivity index (χ3v) is 6.59. The van der Waals surface area contributed by atoms with Gasteiger partial charge in [0.05, 0.1) is 27.9 Å². The summed E-state index contributed by atoms with van der Waals surface area (Å²) in [7, 11) is 0. The van der Waals surface area contributed by atoms with Gasteiger partial charge in [-0.3, -0.25) is 4.79 Å². The first kappa shape index (κ1) is 23.4. The summed E-state index contributed by atoms with van der Waals surface area (Å²) < 4.78 is 40.5. The van der Waals surface area contributed by atoms with Crippen LogP contribution in [0.4, 0.5) is 23.7 Å². The zero-order chi connectivity index (χ0) is 23.3. The molecule has 0 atom stereocenters. The molecule has 1 aliphatic rings. The molecular weight excluding hydrogens is 522 g/mol. The Morgan fingerprint density at radius 1 is 1.16 bits per heavy atom. The van der Waals surface area contributed by atoms with Crippen LogP contribution in [0.25, 0.3) is 0 Å². The van der Waals surface area contributed by atoms with Gasteiger partial charge >= 0.3 is 12.2 Å². The molecule has 11 heteroatoms. The monoisotopic (exact) mass is 533 g/mol. The third kappa shape index (κ3) is 4.12. The maximum Gasteiger partial charge on any atom is 0.417 e. The van der Waals surface area contributed by atoms with Crippen molar-refractivity contribution in [3.05, 3.63) is 61.5 Å². The molecule has 2 aromatic rings. The topological polar surface area (TPSA) is 64.4 Å². The average Bonchev–Trinajstić information content (AvgIpc) is 2.84. The van der Waals surface area contributed by atoms with Crippen molar-refractivity contribution in [1.82, 2.24) is 4.90 Å². The predicted octanol–water partition coefficient (Wildman–Crippen LogP) is 6.39. The quantitative estimate of drug-likeness (QED) is 0.338. The van der Waals surface area contributed by atoms with Crippen LogP contribution in [-0.4, -0.2) is 22.4 Å². The Morgan fingerprint density at radius 3 is 2.39 bits per heavy atom. The van der Waals surface area contributed by atoms with Gasteiger partial charge in [-0.15, -0.1) is 0 Å². The highest BCUT2D eigenvalue weighted by Crippen LogP contribution is 2.39. The molecule has 162 valence electrons. The van der Waals surface area contributed by atoms with Crippen molar-refractivity contribution in [2.45, 2.75) is 32.1 Å². The number of carbonyl (C=O) groups excluding carboxylic acids is 2. The Hall–Kier alpha value is -2.28. The standard InChI is InChI=1S/C20H13BrCl2F3N3O2/c1-19(2)17(30)29(13-4-3-10(8-27)14(7-13)20(24,25)26)18(31)28(19)9-11-5-12(22)6-15(23)16(11)21/h3-7H,9H2,1-2H3. The van der Waals surface area contributed by atoms with Crippen LogP contribution < -0.4 is 4.90 Å². The second-order valence-electron chi connectivity index (χ2n) is 7.27. The van der Waals surface area contributed by atoms with E-state index in [0.717, 1.165) is 12.1 Å². The second-order valence-corrected chi connectivity index (χ2v) is 8.91. The van der Waals surface area contributed by atoms with Gasteiger partial charge in [-0.25, -0.2) is 9.69 Å². The van der Waals surface area contributed by atoms with E-state index >= 15 is 0 Å². The minimum Gasteiger partial charge on any atom is -0.305 e. The van der Waals surface area contributed by atoms with E-state index in [1.54, 1.807) is 6.07 Å². The number of hydrogen-bond acceptors (Lipinski definition) is 3.